The average molecular weight is 546 g/mol. The van der Waals surface area contributed by atoms with Gasteiger partial charge in [0.25, 0.3) is 5.91 Å². The van der Waals surface area contributed by atoms with Gasteiger partial charge in [0, 0.05) is 19.2 Å². The molecule has 0 N–H and O–H groups in total. The van der Waals surface area contributed by atoms with Crippen LogP contribution in [0, 0.1) is 13.8 Å². The zero-order valence-corrected chi connectivity index (χ0v) is 22.9. The van der Waals surface area contributed by atoms with E-state index in [9.17, 15) is 13.2 Å². The molecule has 1 amide bonds. The maximum atomic E-state index is 13.7. The van der Waals surface area contributed by atoms with Gasteiger partial charge >= 0.3 is 0 Å². The van der Waals surface area contributed by atoms with Crippen molar-refractivity contribution >= 4 is 42.6 Å². The lowest BCUT2D eigenvalue weighted by Crippen LogP contribution is -2.30. The predicted octanol–water partition coefficient (Wildman–Crippen LogP) is 6.17. The van der Waals surface area contributed by atoms with Gasteiger partial charge in [0.15, 0.2) is 5.13 Å². The van der Waals surface area contributed by atoms with Crippen molar-refractivity contribution in [1.29, 1.82) is 0 Å². The van der Waals surface area contributed by atoms with E-state index in [4.69, 9.17) is 9.40 Å². The van der Waals surface area contributed by atoms with Gasteiger partial charge in [-0.1, -0.05) is 47.7 Å². The molecule has 5 aromatic rings. The number of furan rings is 1. The van der Waals surface area contributed by atoms with Gasteiger partial charge in [-0.05, 0) is 73.0 Å². The molecule has 0 atom stereocenters. The summed E-state index contributed by atoms with van der Waals surface area (Å²) in [6.45, 7) is 4.48. The second kappa shape index (κ2) is 10.5. The lowest BCUT2D eigenvalue weighted by molar-refractivity contribution is 0.0983. The third kappa shape index (κ3) is 5.26. The maximum Gasteiger partial charge on any atom is 0.260 e. The van der Waals surface area contributed by atoms with Gasteiger partial charge in [0.05, 0.1) is 27.9 Å². The molecule has 0 aliphatic rings. The number of nitrogens with zero attached hydrogens (tertiary/aromatic N) is 3. The lowest BCUT2D eigenvalue weighted by atomic mass is 10.1. The van der Waals surface area contributed by atoms with Crippen LogP contribution >= 0.6 is 11.3 Å². The number of fused-ring (bicyclic) bond motifs is 1. The molecular weight excluding hydrogens is 518 g/mol. The summed E-state index contributed by atoms with van der Waals surface area (Å²) in [4.78, 5) is 20.2. The zero-order valence-electron chi connectivity index (χ0n) is 21.3. The summed E-state index contributed by atoms with van der Waals surface area (Å²) in [7, 11) is -2.19. The molecule has 0 saturated carbocycles. The summed E-state index contributed by atoms with van der Waals surface area (Å²) >= 11 is 1.44. The monoisotopic (exact) mass is 545 g/mol. The minimum atomic E-state index is -3.74. The van der Waals surface area contributed by atoms with Gasteiger partial charge in [0.1, 0.15) is 5.76 Å². The van der Waals surface area contributed by atoms with Crippen molar-refractivity contribution in [3.05, 3.63) is 113 Å². The highest BCUT2D eigenvalue weighted by molar-refractivity contribution is 7.89. The summed E-state index contributed by atoms with van der Waals surface area (Å²) in [5.74, 6) is 0.323. The van der Waals surface area contributed by atoms with Crippen molar-refractivity contribution < 1.29 is 17.6 Å². The summed E-state index contributed by atoms with van der Waals surface area (Å²) < 4.78 is 34.1. The Morgan fingerprint density at radius 1 is 0.947 bits per heavy atom. The molecule has 0 fully saturated rings. The Labute approximate surface area is 226 Å². The highest BCUT2D eigenvalue weighted by atomic mass is 32.2. The molecule has 194 valence electrons. The number of rotatable bonds is 8. The number of aromatic nitrogens is 1. The minimum Gasteiger partial charge on any atom is -0.467 e. The van der Waals surface area contributed by atoms with Crippen LogP contribution in [-0.2, 0) is 23.1 Å². The van der Waals surface area contributed by atoms with Crippen LogP contribution in [0.25, 0.3) is 10.2 Å². The van der Waals surface area contributed by atoms with Gasteiger partial charge in [-0.15, -0.1) is 0 Å². The van der Waals surface area contributed by atoms with Crippen LogP contribution in [0.1, 0.15) is 32.8 Å². The first-order valence-corrected chi connectivity index (χ1v) is 14.3. The van der Waals surface area contributed by atoms with Crippen LogP contribution in [0.15, 0.2) is 94.4 Å². The van der Waals surface area contributed by atoms with E-state index < -0.39 is 10.0 Å². The molecule has 0 aliphatic heterocycles. The van der Waals surface area contributed by atoms with Crippen LogP contribution in [0.4, 0.5) is 5.13 Å². The molecule has 2 heterocycles. The lowest BCUT2D eigenvalue weighted by Gasteiger charge is -2.20. The molecule has 0 saturated heterocycles. The smallest absolute Gasteiger partial charge is 0.260 e. The fourth-order valence-electron chi connectivity index (χ4n) is 4.29. The molecule has 2 aromatic heterocycles. The molecule has 38 heavy (non-hydrogen) atoms. The van der Waals surface area contributed by atoms with E-state index in [0.29, 0.717) is 16.5 Å². The van der Waals surface area contributed by atoms with E-state index in [1.807, 2.05) is 44.2 Å². The number of carbonyl (C=O) groups is 1. The molecule has 3 aromatic carbocycles. The van der Waals surface area contributed by atoms with Gasteiger partial charge < -0.3 is 4.42 Å². The Morgan fingerprint density at radius 3 is 2.37 bits per heavy atom. The van der Waals surface area contributed by atoms with Crippen molar-refractivity contribution in [1.82, 2.24) is 9.29 Å². The zero-order chi connectivity index (χ0) is 26.9. The largest absolute Gasteiger partial charge is 0.467 e. The van der Waals surface area contributed by atoms with Crippen LogP contribution < -0.4 is 4.90 Å². The van der Waals surface area contributed by atoms with Gasteiger partial charge in [-0.2, -0.15) is 4.31 Å². The fourth-order valence-corrected chi connectivity index (χ4v) is 6.59. The minimum absolute atomic E-state index is 0.121. The summed E-state index contributed by atoms with van der Waals surface area (Å²) in [6, 6.07) is 23.1. The number of amides is 1. The first-order chi connectivity index (χ1) is 18.2. The molecule has 9 heteroatoms. The third-order valence-electron chi connectivity index (χ3n) is 6.25. The number of anilines is 1. The number of hydrogen-bond acceptors (Lipinski definition) is 6. The molecular formula is C29H27N3O4S2. The Hall–Kier alpha value is -3.79. The van der Waals surface area contributed by atoms with Gasteiger partial charge in [0.2, 0.25) is 10.0 Å². The molecule has 0 bridgehead atoms. The van der Waals surface area contributed by atoms with E-state index in [1.165, 1.54) is 27.8 Å². The number of thiazole rings is 1. The summed E-state index contributed by atoms with van der Waals surface area (Å²) in [5.41, 5.74) is 4.27. The average Bonchev–Trinajstić information content (AvgIpc) is 3.57. The molecule has 5 rings (SSSR count). The van der Waals surface area contributed by atoms with Gasteiger partial charge in [-0.3, -0.25) is 9.69 Å². The molecule has 0 aliphatic carbocycles. The Balaban J connectivity index is 1.44. The maximum absolute atomic E-state index is 13.7. The van der Waals surface area contributed by atoms with Crippen molar-refractivity contribution in [3.63, 3.8) is 0 Å². The highest BCUT2D eigenvalue weighted by Gasteiger charge is 2.25. The van der Waals surface area contributed by atoms with Crippen molar-refractivity contribution in [3.8, 4) is 0 Å². The first kappa shape index (κ1) is 25.8. The van der Waals surface area contributed by atoms with Crippen LogP contribution in [-0.4, -0.2) is 30.7 Å². The summed E-state index contributed by atoms with van der Waals surface area (Å²) in [6.07, 6.45) is 1.56. The van der Waals surface area contributed by atoms with E-state index in [2.05, 4.69) is 12.1 Å². The Morgan fingerprint density at radius 2 is 1.68 bits per heavy atom. The van der Waals surface area contributed by atoms with Crippen molar-refractivity contribution in [2.24, 2.45) is 0 Å². The highest BCUT2D eigenvalue weighted by Crippen LogP contribution is 2.33. The fraction of sp³-hybridized carbons (Fsp3) is 0.172. The van der Waals surface area contributed by atoms with Crippen LogP contribution in [0.2, 0.25) is 0 Å². The second-order valence-corrected chi connectivity index (χ2v) is 12.2. The SMILES string of the molecule is Cc1cc(C)c2nc(N(Cc3ccco3)C(=O)c3ccc(S(=O)(=O)N(C)Cc4ccccc4)cc3)sc2c1. The van der Waals surface area contributed by atoms with E-state index in [0.717, 1.165) is 26.9 Å². The van der Waals surface area contributed by atoms with Crippen molar-refractivity contribution in [2.75, 3.05) is 11.9 Å². The molecule has 0 spiro atoms. The number of sulfonamides is 1. The summed E-state index contributed by atoms with van der Waals surface area (Å²) in [5, 5.41) is 0.550. The topological polar surface area (TPSA) is 83.7 Å². The Kier molecular flexibility index (Phi) is 7.16. The Bertz CT molecular complexity index is 1680. The van der Waals surface area contributed by atoms with Gasteiger partial charge in [-0.25, -0.2) is 13.4 Å². The van der Waals surface area contributed by atoms with E-state index in [1.54, 1.807) is 42.5 Å². The molecule has 7 nitrogen and oxygen atoms in total. The number of carbonyl (C=O) groups excluding carboxylic acids is 1. The normalized spacial score (nSPS) is 11.8. The second-order valence-electron chi connectivity index (χ2n) is 9.17. The molecule has 0 radical (unpaired) electrons. The number of aryl methyl sites for hydroxylation is 2. The van der Waals surface area contributed by atoms with E-state index >= 15 is 0 Å². The first-order valence-electron chi connectivity index (χ1n) is 12.0. The number of benzene rings is 3. The van der Waals surface area contributed by atoms with Crippen LogP contribution in [0.5, 0.6) is 0 Å². The third-order valence-corrected chi connectivity index (χ3v) is 9.09. The predicted molar refractivity (Wildman–Crippen MR) is 150 cm³/mol. The standard InChI is InChI=1S/C29H27N3O4S2/c1-20-16-21(2)27-26(17-20)37-29(30-27)32(19-24-10-7-15-36-24)28(33)23-11-13-25(14-12-23)38(34,35)31(3)18-22-8-5-4-6-9-22/h4-17H,18-19H2,1-3H3. The molecule has 0 unspecified atom stereocenters. The van der Waals surface area contributed by atoms with Crippen LogP contribution in [0.3, 0.4) is 0 Å². The van der Waals surface area contributed by atoms with Crippen molar-refractivity contribution in [2.45, 2.75) is 31.8 Å². The van der Waals surface area contributed by atoms with E-state index in [-0.39, 0.29) is 23.9 Å². The quantitative estimate of drug-likeness (QED) is 0.233. The number of hydrogen-bond donors (Lipinski definition) is 0.